The number of rotatable bonds is 4. The number of carboxylic acid groups (broad SMARTS) is 1. The van der Waals surface area contributed by atoms with Gasteiger partial charge in [-0.2, -0.15) is 0 Å². The number of para-hydroxylation sites is 1. The Morgan fingerprint density at radius 1 is 1.39 bits per heavy atom. The summed E-state index contributed by atoms with van der Waals surface area (Å²) < 4.78 is 2.24. The zero-order chi connectivity index (χ0) is 13.3. The standard InChI is InChI=1S/C15H19NO2/c1-10(2)16-9-12(7-8-14(17)18)13-6-4-5-11(3)15(13)16/h4-6,9-10H,7-8H2,1-3H3,(H,17,18). The molecule has 0 radical (unpaired) electrons. The highest BCUT2D eigenvalue weighted by atomic mass is 16.4. The Morgan fingerprint density at radius 2 is 2.11 bits per heavy atom. The fraction of sp³-hybridized carbons (Fsp3) is 0.400. The summed E-state index contributed by atoms with van der Waals surface area (Å²) in [5.41, 5.74) is 3.60. The summed E-state index contributed by atoms with van der Waals surface area (Å²) in [5, 5.41) is 10.00. The van der Waals surface area contributed by atoms with Gasteiger partial charge < -0.3 is 9.67 Å². The molecule has 0 atom stereocenters. The van der Waals surface area contributed by atoms with Gasteiger partial charge in [0.1, 0.15) is 0 Å². The first-order chi connectivity index (χ1) is 8.50. The maximum atomic E-state index is 10.7. The highest BCUT2D eigenvalue weighted by molar-refractivity contribution is 5.87. The second-order valence-electron chi connectivity index (χ2n) is 5.02. The summed E-state index contributed by atoms with van der Waals surface area (Å²) in [4.78, 5) is 10.7. The molecule has 0 aliphatic rings. The van der Waals surface area contributed by atoms with Crippen LogP contribution in [0.1, 0.15) is 37.4 Å². The van der Waals surface area contributed by atoms with Gasteiger partial charge in [-0.25, -0.2) is 0 Å². The lowest BCUT2D eigenvalue weighted by atomic mass is 10.1. The summed E-state index contributed by atoms with van der Waals surface area (Å²) in [5.74, 6) is -0.742. The lowest BCUT2D eigenvalue weighted by Crippen LogP contribution is -1.99. The normalized spacial score (nSPS) is 11.3. The summed E-state index contributed by atoms with van der Waals surface area (Å²) in [6, 6.07) is 6.60. The van der Waals surface area contributed by atoms with Crippen molar-refractivity contribution in [3.8, 4) is 0 Å². The molecule has 0 aliphatic heterocycles. The number of aromatic nitrogens is 1. The van der Waals surface area contributed by atoms with Crippen LogP contribution in [0, 0.1) is 6.92 Å². The molecule has 0 amide bonds. The molecular weight excluding hydrogens is 226 g/mol. The van der Waals surface area contributed by atoms with E-state index in [1.54, 1.807) is 0 Å². The van der Waals surface area contributed by atoms with E-state index in [1.807, 2.05) is 6.07 Å². The molecule has 0 saturated carbocycles. The van der Waals surface area contributed by atoms with Crippen LogP contribution in [0.25, 0.3) is 10.9 Å². The summed E-state index contributed by atoms with van der Waals surface area (Å²) in [6.45, 7) is 6.39. The molecule has 0 bridgehead atoms. The van der Waals surface area contributed by atoms with Crippen LogP contribution >= 0.6 is 0 Å². The SMILES string of the molecule is Cc1cccc2c(CCC(=O)O)cn(C(C)C)c12. The Kier molecular flexibility index (Phi) is 3.41. The van der Waals surface area contributed by atoms with Crippen LogP contribution < -0.4 is 0 Å². The maximum Gasteiger partial charge on any atom is 0.303 e. The van der Waals surface area contributed by atoms with Crippen molar-refractivity contribution >= 4 is 16.9 Å². The molecule has 2 aromatic rings. The minimum absolute atomic E-state index is 0.186. The molecule has 0 saturated heterocycles. The van der Waals surface area contributed by atoms with Crippen molar-refractivity contribution in [2.24, 2.45) is 0 Å². The Balaban J connectivity index is 2.54. The van der Waals surface area contributed by atoms with Crippen molar-refractivity contribution in [2.45, 2.75) is 39.7 Å². The van der Waals surface area contributed by atoms with E-state index in [2.05, 4.69) is 43.7 Å². The van der Waals surface area contributed by atoms with Gasteiger partial charge in [-0.1, -0.05) is 18.2 Å². The highest BCUT2D eigenvalue weighted by Crippen LogP contribution is 2.28. The molecule has 3 nitrogen and oxygen atoms in total. The Morgan fingerprint density at radius 3 is 2.72 bits per heavy atom. The van der Waals surface area contributed by atoms with Crippen LogP contribution in [0.15, 0.2) is 24.4 Å². The van der Waals surface area contributed by atoms with Gasteiger partial charge in [0.05, 0.1) is 5.52 Å². The number of carbonyl (C=O) groups is 1. The molecule has 0 aliphatic carbocycles. The Labute approximate surface area is 107 Å². The zero-order valence-corrected chi connectivity index (χ0v) is 11.1. The van der Waals surface area contributed by atoms with Crippen molar-refractivity contribution in [1.82, 2.24) is 4.57 Å². The van der Waals surface area contributed by atoms with E-state index in [0.717, 1.165) is 5.56 Å². The smallest absolute Gasteiger partial charge is 0.303 e. The molecule has 2 rings (SSSR count). The van der Waals surface area contributed by atoms with E-state index in [0.29, 0.717) is 12.5 Å². The van der Waals surface area contributed by atoms with Gasteiger partial charge in [0.15, 0.2) is 0 Å². The molecule has 3 heteroatoms. The van der Waals surface area contributed by atoms with Gasteiger partial charge in [-0.05, 0) is 38.3 Å². The minimum atomic E-state index is -0.742. The number of fused-ring (bicyclic) bond motifs is 1. The molecule has 0 fully saturated rings. The Hall–Kier alpha value is -1.77. The number of aryl methyl sites for hydroxylation is 2. The van der Waals surface area contributed by atoms with E-state index in [4.69, 9.17) is 5.11 Å². The summed E-state index contributed by atoms with van der Waals surface area (Å²) in [7, 11) is 0. The third kappa shape index (κ3) is 2.26. The number of hydrogen-bond acceptors (Lipinski definition) is 1. The van der Waals surface area contributed by atoms with Crippen LogP contribution in [0.5, 0.6) is 0 Å². The number of carboxylic acids is 1. The maximum absolute atomic E-state index is 10.7. The predicted octanol–water partition coefficient (Wildman–Crippen LogP) is 3.55. The molecule has 96 valence electrons. The van der Waals surface area contributed by atoms with Gasteiger partial charge in [0.25, 0.3) is 0 Å². The van der Waals surface area contributed by atoms with Crippen molar-refractivity contribution in [1.29, 1.82) is 0 Å². The van der Waals surface area contributed by atoms with Gasteiger partial charge in [0, 0.05) is 24.0 Å². The van der Waals surface area contributed by atoms with E-state index in [-0.39, 0.29) is 6.42 Å². The summed E-state index contributed by atoms with van der Waals surface area (Å²) in [6.07, 6.45) is 2.88. The monoisotopic (exact) mass is 245 g/mol. The molecule has 0 spiro atoms. The second-order valence-corrected chi connectivity index (χ2v) is 5.02. The Bertz CT molecular complexity index is 581. The number of benzene rings is 1. The van der Waals surface area contributed by atoms with E-state index >= 15 is 0 Å². The van der Waals surface area contributed by atoms with Gasteiger partial charge >= 0.3 is 5.97 Å². The fourth-order valence-electron chi connectivity index (χ4n) is 2.41. The second kappa shape index (κ2) is 4.84. The average Bonchev–Trinajstić information content (AvgIpc) is 2.67. The largest absolute Gasteiger partial charge is 0.481 e. The highest BCUT2D eigenvalue weighted by Gasteiger charge is 2.12. The van der Waals surface area contributed by atoms with Crippen molar-refractivity contribution in [2.75, 3.05) is 0 Å². The van der Waals surface area contributed by atoms with E-state index in [1.165, 1.54) is 16.5 Å². The number of hydrogen-bond donors (Lipinski definition) is 1. The van der Waals surface area contributed by atoms with Gasteiger partial charge in [0.2, 0.25) is 0 Å². The molecule has 18 heavy (non-hydrogen) atoms. The molecule has 1 aromatic heterocycles. The van der Waals surface area contributed by atoms with Crippen LogP contribution in [0.2, 0.25) is 0 Å². The van der Waals surface area contributed by atoms with Crippen molar-refractivity contribution in [3.63, 3.8) is 0 Å². The number of aliphatic carboxylic acids is 1. The molecule has 1 heterocycles. The van der Waals surface area contributed by atoms with E-state index in [9.17, 15) is 4.79 Å². The predicted molar refractivity (Wildman–Crippen MR) is 73.0 cm³/mol. The van der Waals surface area contributed by atoms with Crippen LogP contribution in [-0.2, 0) is 11.2 Å². The molecule has 0 unspecified atom stereocenters. The molecule has 1 aromatic carbocycles. The lowest BCUT2D eigenvalue weighted by Gasteiger charge is -2.10. The van der Waals surface area contributed by atoms with Crippen molar-refractivity contribution in [3.05, 3.63) is 35.5 Å². The third-order valence-electron chi connectivity index (χ3n) is 3.30. The number of nitrogens with zero attached hydrogens (tertiary/aromatic N) is 1. The van der Waals surface area contributed by atoms with Crippen LogP contribution in [0.3, 0.4) is 0 Å². The quantitative estimate of drug-likeness (QED) is 0.895. The first kappa shape index (κ1) is 12.7. The van der Waals surface area contributed by atoms with Crippen LogP contribution in [-0.4, -0.2) is 15.6 Å². The molecule has 1 N–H and O–H groups in total. The van der Waals surface area contributed by atoms with Gasteiger partial charge in [-0.15, -0.1) is 0 Å². The lowest BCUT2D eigenvalue weighted by molar-refractivity contribution is -0.136. The molecular formula is C15H19NO2. The minimum Gasteiger partial charge on any atom is -0.481 e. The summed E-state index contributed by atoms with van der Waals surface area (Å²) >= 11 is 0. The topological polar surface area (TPSA) is 42.2 Å². The fourth-order valence-corrected chi connectivity index (χ4v) is 2.41. The third-order valence-corrected chi connectivity index (χ3v) is 3.30. The van der Waals surface area contributed by atoms with Gasteiger partial charge in [-0.3, -0.25) is 4.79 Å². The van der Waals surface area contributed by atoms with Crippen molar-refractivity contribution < 1.29 is 9.90 Å². The first-order valence-electron chi connectivity index (χ1n) is 6.31. The zero-order valence-electron chi connectivity index (χ0n) is 11.1. The van der Waals surface area contributed by atoms with E-state index < -0.39 is 5.97 Å². The first-order valence-corrected chi connectivity index (χ1v) is 6.31. The average molecular weight is 245 g/mol. The van der Waals surface area contributed by atoms with Crippen LogP contribution in [0.4, 0.5) is 0 Å².